The third-order valence-electron chi connectivity index (χ3n) is 4.14. The van der Waals surface area contributed by atoms with E-state index in [1.54, 1.807) is 11.8 Å². The number of aliphatic hydroxyl groups is 1. The van der Waals surface area contributed by atoms with Gasteiger partial charge >= 0.3 is 0 Å². The molecule has 3 heteroatoms. The molecule has 0 aromatic heterocycles. The van der Waals surface area contributed by atoms with Gasteiger partial charge < -0.3 is 10.0 Å². The van der Waals surface area contributed by atoms with Crippen molar-refractivity contribution in [2.24, 2.45) is 0 Å². The van der Waals surface area contributed by atoms with Gasteiger partial charge in [-0.3, -0.25) is 0 Å². The standard InChI is InChI=1S/C19H23NOS/c1-2-3-4-7-13-20-16-10-5-6-12-18(16)22-19-15(14-21)9-8-11-17(19)20/h5-6,8-12,21H,2-4,7,13-14H2,1H3. The molecule has 3 rings (SSSR count). The number of hydrogen-bond acceptors (Lipinski definition) is 3. The molecule has 1 aliphatic rings. The van der Waals surface area contributed by atoms with Gasteiger partial charge in [0.1, 0.15) is 0 Å². The second-order valence-electron chi connectivity index (χ2n) is 5.71. The Morgan fingerprint density at radius 2 is 1.77 bits per heavy atom. The molecule has 1 heterocycles. The van der Waals surface area contributed by atoms with Gasteiger partial charge in [-0.2, -0.15) is 0 Å². The lowest BCUT2D eigenvalue weighted by atomic mass is 10.1. The molecule has 0 unspecified atom stereocenters. The molecular weight excluding hydrogens is 290 g/mol. The van der Waals surface area contributed by atoms with Crippen molar-refractivity contribution in [3.8, 4) is 0 Å². The minimum atomic E-state index is 0.0992. The van der Waals surface area contributed by atoms with Crippen molar-refractivity contribution in [3.63, 3.8) is 0 Å². The average Bonchev–Trinajstić information content (AvgIpc) is 2.57. The molecule has 1 N–H and O–H groups in total. The molecular formula is C19H23NOS. The van der Waals surface area contributed by atoms with Gasteiger partial charge in [-0.25, -0.2) is 0 Å². The van der Waals surface area contributed by atoms with Crippen LogP contribution in [0.25, 0.3) is 0 Å². The first kappa shape index (κ1) is 15.4. The molecule has 0 aliphatic carbocycles. The molecule has 2 aromatic rings. The topological polar surface area (TPSA) is 23.5 Å². The Labute approximate surface area is 137 Å². The van der Waals surface area contributed by atoms with E-state index in [2.05, 4.69) is 48.2 Å². The molecule has 0 radical (unpaired) electrons. The summed E-state index contributed by atoms with van der Waals surface area (Å²) in [6, 6.07) is 14.8. The lowest BCUT2D eigenvalue weighted by molar-refractivity contribution is 0.279. The van der Waals surface area contributed by atoms with Crippen molar-refractivity contribution in [2.75, 3.05) is 11.4 Å². The van der Waals surface area contributed by atoms with Crippen molar-refractivity contribution in [1.29, 1.82) is 0 Å². The molecule has 2 nitrogen and oxygen atoms in total. The largest absolute Gasteiger partial charge is 0.392 e. The van der Waals surface area contributed by atoms with Gasteiger partial charge in [-0.05, 0) is 30.2 Å². The van der Waals surface area contributed by atoms with Gasteiger partial charge in [0, 0.05) is 16.3 Å². The van der Waals surface area contributed by atoms with Crippen LogP contribution in [0.3, 0.4) is 0 Å². The van der Waals surface area contributed by atoms with Crippen LogP contribution in [0.5, 0.6) is 0 Å². The van der Waals surface area contributed by atoms with Crippen molar-refractivity contribution < 1.29 is 5.11 Å². The highest BCUT2D eigenvalue weighted by Crippen LogP contribution is 2.49. The normalized spacial score (nSPS) is 12.9. The fraction of sp³-hybridized carbons (Fsp3) is 0.368. The van der Waals surface area contributed by atoms with Crippen molar-refractivity contribution in [2.45, 2.75) is 49.0 Å². The number of nitrogens with zero attached hydrogens (tertiary/aromatic N) is 1. The van der Waals surface area contributed by atoms with Gasteiger partial charge in [0.05, 0.1) is 18.0 Å². The van der Waals surface area contributed by atoms with Crippen LogP contribution in [-0.2, 0) is 6.61 Å². The minimum Gasteiger partial charge on any atom is -0.392 e. The van der Waals surface area contributed by atoms with Crippen LogP contribution in [0.15, 0.2) is 52.3 Å². The van der Waals surface area contributed by atoms with E-state index in [9.17, 15) is 5.11 Å². The summed E-state index contributed by atoms with van der Waals surface area (Å²) in [7, 11) is 0. The number of benzene rings is 2. The van der Waals surface area contributed by atoms with Gasteiger partial charge in [0.15, 0.2) is 0 Å². The zero-order valence-electron chi connectivity index (χ0n) is 13.1. The molecule has 2 aromatic carbocycles. The number of rotatable bonds is 6. The molecule has 116 valence electrons. The molecule has 0 fully saturated rings. The van der Waals surface area contributed by atoms with Crippen molar-refractivity contribution >= 4 is 23.1 Å². The Kier molecular flexibility index (Phi) is 5.06. The Bertz CT molecular complexity index is 641. The monoisotopic (exact) mass is 313 g/mol. The summed E-state index contributed by atoms with van der Waals surface area (Å²) < 4.78 is 0. The maximum absolute atomic E-state index is 9.64. The van der Waals surface area contributed by atoms with E-state index in [4.69, 9.17) is 0 Å². The summed E-state index contributed by atoms with van der Waals surface area (Å²) in [4.78, 5) is 4.92. The predicted octanol–water partition coefficient (Wildman–Crippen LogP) is 5.36. The number of anilines is 2. The smallest absolute Gasteiger partial charge is 0.0693 e. The minimum absolute atomic E-state index is 0.0992. The van der Waals surface area contributed by atoms with E-state index in [-0.39, 0.29) is 6.61 Å². The fourth-order valence-corrected chi connectivity index (χ4v) is 4.17. The second kappa shape index (κ2) is 7.21. The maximum Gasteiger partial charge on any atom is 0.0693 e. The van der Waals surface area contributed by atoms with Crippen LogP contribution < -0.4 is 4.90 Å². The highest BCUT2D eigenvalue weighted by Gasteiger charge is 2.24. The first-order valence-electron chi connectivity index (χ1n) is 8.12. The molecule has 0 saturated heterocycles. The van der Waals surface area contributed by atoms with Gasteiger partial charge in [0.25, 0.3) is 0 Å². The maximum atomic E-state index is 9.64. The predicted molar refractivity (Wildman–Crippen MR) is 94.1 cm³/mol. The van der Waals surface area contributed by atoms with Crippen LogP contribution in [0.4, 0.5) is 11.4 Å². The third-order valence-corrected chi connectivity index (χ3v) is 5.38. The van der Waals surface area contributed by atoms with E-state index in [1.807, 2.05) is 6.07 Å². The van der Waals surface area contributed by atoms with Gasteiger partial charge in [-0.1, -0.05) is 62.2 Å². The van der Waals surface area contributed by atoms with E-state index in [1.165, 1.54) is 46.8 Å². The number of para-hydroxylation sites is 1. The van der Waals surface area contributed by atoms with Crippen LogP contribution in [0.2, 0.25) is 0 Å². The average molecular weight is 313 g/mol. The molecule has 0 bridgehead atoms. The Morgan fingerprint density at radius 1 is 0.955 bits per heavy atom. The number of hydrogen-bond donors (Lipinski definition) is 1. The molecule has 0 saturated carbocycles. The lowest BCUT2D eigenvalue weighted by Crippen LogP contribution is -2.22. The SMILES string of the molecule is CCCCCCN1c2ccccc2Sc2c(CO)cccc21. The van der Waals surface area contributed by atoms with Crippen LogP contribution in [-0.4, -0.2) is 11.7 Å². The highest BCUT2D eigenvalue weighted by atomic mass is 32.2. The lowest BCUT2D eigenvalue weighted by Gasteiger charge is -2.33. The van der Waals surface area contributed by atoms with Crippen molar-refractivity contribution in [3.05, 3.63) is 48.0 Å². The summed E-state index contributed by atoms with van der Waals surface area (Å²) in [5.74, 6) is 0. The third kappa shape index (κ3) is 3.01. The first-order valence-corrected chi connectivity index (χ1v) is 8.94. The molecule has 0 spiro atoms. The quantitative estimate of drug-likeness (QED) is 0.726. The summed E-state index contributed by atoms with van der Waals surface area (Å²) in [5.41, 5.74) is 3.56. The second-order valence-corrected chi connectivity index (χ2v) is 6.76. The van der Waals surface area contributed by atoms with E-state index >= 15 is 0 Å². The van der Waals surface area contributed by atoms with Crippen molar-refractivity contribution in [1.82, 2.24) is 0 Å². The summed E-state index contributed by atoms with van der Waals surface area (Å²) in [6.07, 6.45) is 5.04. The number of aliphatic hydroxyl groups excluding tert-OH is 1. The van der Waals surface area contributed by atoms with Crippen LogP contribution in [0.1, 0.15) is 38.2 Å². The fourth-order valence-electron chi connectivity index (χ4n) is 2.97. The van der Waals surface area contributed by atoms with Gasteiger partial charge in [0.2, 0.25) is 0 Å². The van der Waals surface area contributed by atoms with Crippen LogP contribution in [0, 0.1) is 0 Å². The first-order chi connectivity index (χ1) is 10.8. The molecule has 1 aliphatic heterocycles. The number of fused-ring (bicyclic) bond motifs is 2. The molecule has 0 amide bonds. The zero-order chi connectivity index (χ0) is 15.4. The van der Waals surface area contributed by atoms with E-state index < -0.39 is 0 Å². The number of unbranched alkanes of at least 4 members (excludes halogenated alkanes) is 3. The zero-order valence-corrected chi connectivity index (χ0v) is 13.9. The van der Waals surface area contributed by atoms with E-state index in [0.29, 0.717) is 0 Å². The Morgan fingerprint density at radius 3 is 2.59 bits per heavy atom. The summed E-state index contributed by atoms with van der Waals surface area (Å²) >= 11 is 1.78. The van der Waals surface area contributed by atoms with Crippen LogP contribution >= 0.6 is 11.8 Å². The molecule has 22 heavy (non-hydrogen) atoms. The summed E-state index contributed by atoms with van der Waals surface area (Å²) in [5, 5.41) is 9.64. The van der Waals surface area contributed by atoms with E-state index in [0.717, 1.165) is 12.1 Å². The Balaban J connectivity index is 1.94. The van der Waals surface area contributed by atoms with Gasteiger partial charge in [-0.15, -0.1) is 0 Å². The Hall–Kier alpha value is -1.45. The highest BCUT2D eigenvalue weighted by molar-refractivity contribution is 7.99. The summed E-state index contributed by atoms with van der Waals surface area (Å²) in [6.45, 7) is 3.39. The molecule has 0 atom stereocenters.